The van der Waals surface area contributed by atoms with Gasteiger partial charge in [-0.3, -0.25) is 4.79 Å². The van der Waals surface area contributed by atoms with Gasteiger partial charge in [0.1, 0.15) is 11.8 Å². The highest BCUT2D eigenvalue weighted by Crippen LogP contribution is 2.28. The zero-order valence-electron chi connectivity index (χ0n) is 8.61. The number of hydrogen-bond acceptors (Lipinski definition) is 4. The Kier molecular flexibility index (Phi) is 1.71. The Morgan fingerprint density at radius 1 is 1.41 bits per heavy atom. The third kappa shape index (κ3) is 1.19. The zero-order valence-corrected chi connectivity index (χ0v) is 8.61. The summed E-state index contributed by atoms with van der Waals surface area (Å²) in [6, 6.07) is 5.30. The molecule has 0 radical (unpaired) electrons. The maximum Gasteiger partial charge on any atom is 0.272 e. The highest BCUT2D eigenvalue weighted by Gasteiger charge is 2.20. The Balaban J connectivity index is 2.54. The molecule has 1 aliphatic heterocycles. The van der Waals surface area contributed by atoms with Crippen molar-refractivity contribution in [2.45, 2.75) is 0 Å². The number of aromatic nitrogens is 1. The van der Waals surface area contributed by atoms with Crippen molar-refractivity contribution in [1.82, 2.24) is 10.4 Å². The Hall–Kier alpha value is -2.81. The number of benzene rings is 1. The second-order valence-electron chi connectivity index (χ2n) is 3.72. The van der Waals surface area contributed by atoms with Gasteiger partial charge in [0.2, 0.25) is 0 Å². The molecule has 2 aromatic rings. The first-order valence-corrected chi connectivity index (χ1v) is 4.89. The Morgan fingerprint density at radius 3 is 3.00 bits per heavy atom. The van der Waals surface area contributed by atoms with Gasteiger partial charge in [-0.25, -0.2) is 5.43 Å². The van der Waals surface area contributed by atoms with Gasteiger partial charge in [0.25, 0.3) is 5.91 Å². The summed E-state index contributed by atoms with van der Waals surface area (Å²) >= 11 is 0. The quantitative estimate of drug-likeness (QED) is 0.574. The summed E-state index contributed by atoms with van der Waals surface area (Å²) < 4.78 is 0. The average Bonchev–Trinajstić information content (AvgIpc) is 2.56. The van der Waals surface area contributed by atoms with E-state index in [4.69, 9.17) is 11.0 Å². The van der Waals surface area contributed by atoms with Crippen LogP contribution in [0.5, 0.6) is 0 Å². The van der Waals surface area contributed by atoms with E-state index in [0.717, 1.165) is 0 Å². The lowest BCUT2D eigenvalue weighted by Gasteiger charge is -2.02. The zero-order chi connectivity index (χ0) is 12.0. The van der Waals surface area contributed by atoms with Crippen LogP contribution in [0.2, 0.25) is 0 Å². The number of amides is 1. The summed E-state index contributed by atoms with van der Waals surface area (Å²) in [5, 5.41) is 13.5. The van der Waals surface area contributed by atoms with Gasteiger partial charge in [-0.2, -0.15) is 10.4 Å². The maximum atomic E-state index is 11.8. The number of nitrogens with zero attached hydrogens (tertiary/aromatic N) is 2. The van der Waals surface area contributed by atoms with Crippen molar-refractivity contribution in [1.29, 1.82) is 5.26 Å². The average molecular weight is 225 g/mol. The van der Waals surface area contributed by atoms with Gasteiger partial charge in [-0.05, 0) is 12.1 Å². The number of nitrogens with two attached hydrogens (primary N) is 1. The fraction of sp³-hybridized carbons (Fsp3) is 0. The minimum atomic E-state index is -0.333. The molecule has 6 heteroatoms. The van der Waals surface area contributed by atoms with Crippen molar-refractivity contribution >= 4 is 28.7 Å². The highest BCUT2D eigenvalue weighted by atomic mass is 16.2. The topological polar surface area (TPSA) is 107 Å². The normalized spacial score (nSPS) is 13.2. The molecule has 3 rings (SSSR count). The molecule has 82 valence electrons. The molecule has 1 aromatic heterocycles. The fourth-order valence-corrected chi connectivity index (χ4v) is 1.99. The number of carbonyl (C=O) groups is 1. The molecule has 6 nitrogen and oxygen atoms in total. The fourth-order valence-electron chi connectivity index (χ4n) is 1.99. The SMILES string of the molecule is N#Cc1[nH]c2cc(N)cc3c2c1C=NNC3=O. The number of nitrogen functional groups attached to an aromatic ring is 1. The Labute approximate surface area is 95.7 Å². The van der Waals surface area contributed by atoms with Crippen molar-refractivity contribution in [3.8, 4) is 6.07 Å². The summed E-state index contributed by atoms with van der Waals surface area (Å²) in [5.41, 5.74) is 10.6. The molecule has 0 saturated heterocycles. The molecule has 0 spiro atoms. The number of nitriles is 1. The molecule has 0 unspecified atom stereocenters. The van der Waals surface area contributed by atoms with Gasteiger partial charge in [-0.15, -0.1) is 0 Å². The van der Waals surface area contributed by atoms with Gasteiger partial charge in [0, 0.05) is 22.2 Å². The minimum absolute atomic E-state index is 0.333. The van der Waals surface area contributed by atoms with Crippen LogP contribution in [0.4, 0.5) is 5.69 Å². The predicted octanol–water partition coefficient (Wildman–Crippen LogP) is 0.699. The lowest BCUT2D eigenvalue weighted by Crippen LogP contribution is -2.16. The maximum absolute atomic E-state index is 11.8. The van der Waals surface area contributed by atoms with Crippen LogP contribution in [-0.4, -0.2) is 17.1 Å². The summed E-state index contributed by atoms with van der Waals surface area (Å²) in [5.74, 6) is -0.333. The molecule has 2 heterocycles. The molecule has 1 aromatic carbocycles. The first-order valence-electron chi connectivity index (χ1n) is 4.89. The van der Waals surface area contributed by atoms with E-state index in [1.807, 2.05) is 6.07 Å². The van der Waals surface area contributed by atoms with Gasteiger partial charge < -0.3 is 10.7 Å². The van der Waals surface area contributed by atoms with E-state index in [2.05, 4.69) is 15.5 Å². The molecular weight excluding hydrogens is 218 g/mol. The lowest BCUT2D eigenvalue weighted by molar-refractivity contribution is 0.0957. The molecule has 1 amide bonds. The lowest BCUT2D eigenvalue weighted by atomic mass is 10.0. The summed E-state index contributed by atoms with van der Waals surface area (Å²) in [6.45, 7) is 0. The number of rotatable bonds is 0. The first-order chi connectivity index (χ1) is 8.20. The second kappa shape index (κ2) is 3.09. The van der Waals surface area contributed by atoms with Crippen LogP contribution in [0.15, 0.2) is 17.2 Å². The van der Waals surface area contributed by atoms with Gasteiger partial charge in [0.15, 0.2) is 0 Å². The van der Waals surface area contributed by atoms with E-state index in [1.54, 1.807) is 12.1 Å². The van der Waals surface area contributed by atoms with Crippen molar-refractivity contribution in [3.63, 3.8) is 0 Å². The number of anilines is 1. The monoisotopic (exact) mass is 225 g/mol. The van der Waals surface area contributed by atoms with Gasteiger partial charge in [0.05, 0.1) is 11.8 Å². The molecule has 1 aliphatic rings. The largest absolute Gasteiger partial charge is 0.399 e. The van der Waals surface area contributed by atoms with E-state index in [0.29, 0.717) is 33.4 Å². The molecule has 0 atom stereocenters. The van der Waals surface area contributed by atoms with Crippen molar-refractivity contribution in [2.75, 3.05) is 5.73 Å². The van der Waals surface area contributed by atoms with Crippen LogP contribution in [0.1, 0.15) is 21.6 Å². The molecule has 0 bridgehead atoms. The number of H-pyrrole nitrogens is 1. The minimum Gasteiger partial charge on any atom is -0.399 e. The first kappa shape index (κ1) is 9.42. The van der Waals surface area contributed by atoms with Crippen LogP contribution >= 0.6 is 0 Å². The number of aromatic amines is 1. The second-order valence-corrected chi connectivity index (χ2v) is 3.72. The molecule has 0 fully saturated rings. The van der Waals surface area contributed by atoms with Gasteiger partial charge >= 0.3 is 0 Å². The predicted molar refractivity (Wildman–Crippen MR) is 62.5 cm³/mol. The highest BCUT2D eigenvalue weighted by molar-refractivity contribution is 6.16. The third-order valence-corrected chi connectivity index (χ3v) is 2.68. The molecule has 0 aliphatic carbocycles. The van der Waals surface area contributed by atoms with Crippen molar-refractivity contribution in [3.05, 3.63) is 29.0 Å². The third-order valence-electron chi connectivity index (χ3n) is 2.68. The van der Waals surface area contributed by atoms with E-state index >= 15 is 0 Å². The van der Waals surface area contributed by atoms with E-state index in [9.17, 15) is 4.79 Å². The number of hydrazone groups is 1. The number of nitrogens with one attached hydrogen (secondary N) is 2. The van der Waals surface area contributed by atoms with Crippen LogP contribution < -0.4 is 11.2 Å². The van der Waals surface area contributed by atoms with Crippen LogP contribution in [0.3, 0.4) is 0 Å². The summed E-state index contributed by atoms with van der Waals surface area (Å²) in [7, 11) is 0. The summed E-state index contributed by atoms with van der Waals surface area (Å²) in [6.07, 6.45) is 1.46. The smallest absolute Gasteiger partial charge is 0.272 e. The molecule has 17 heavy (non-hydrogen) atoms. The number of hydrogen-bond donors (Lipinski definition) is 3. The number of carbonyl (C=O) groups excluding carboxylic acids is 1. The van der Waals surface area contributed by atoms with E-state index < -0.39 is 0 Å². The van der Waals surface area contributed by atoms with E-state index in [-0.39, 0.29) is 5.91 Å². The van der Waals surface area contributed by atoms with Crippen molar-refractivity contribution < 1.29 is 4.79 Å². The van der Waals surface area contributed by atoms with E-state index in [1.165, 1.54) is 6.21 Å². The van der Waals surface area contributed by atoms with Gasteiger partial charge in [-0.1, -0.05) is 0 Å². The Bertz CT molecular complexity index is 720. The van der Waals surface area contributed by atoms with Crippen molar-refractivity contribution in [2.24, 2.45) is 5.10 Å². The van der Waals surface area contributed by atoms with Crippen LogP contribution in [0.25, 0.3) is 10.9 Å². The molecular formula is C11H7N5O. The van der Waals surface area contributed by atoms with Crippen LogP contribution in [0, 0.1) is 11.3 Å². The molecule has 4 N–H and O–H groups in total. The Morgan fingerprint density at radius 2 is 2.24 bits per heavy atom. The molecule has 0 saturated carbocycles. The summed E-state index contributed by atoms with van der Waals surface area (Å²) in [4.78, 5) is 14.7. The van der Waals surface area contributed by atoms with Crippen LogP contribution in [-0.2, 0) is 0 Å². The standard InChI is InChI=1S/C11H7N5O/c12-3-9-7-4-14-16-11(17)6-1-5(13)2-8(15-9)10(6)7/h1-2,4,15H,13H2,(H,16,17).